The number of hydrogen-bond donors (Lipinski definition) is 1. The fourth-order valence-corrected chi connectivity index (χ4v) is 3.00. The minimum atomic E-state index is 0.0949. The fourth-order valence-electron chi connectivity index (χ4n) is 1.53. The molecule has 0 aliphatic carbocycles. The molecule has 92 valence electrons. The summed E-state index contributed by atoms with van der Waals surface area (Å²) in [5, 5.41) is 3.31. The van der Waals surface area contributed by atoms with Gasteiger partial charge in [-0.05, 0) is 34.5 Å². The average Bonchev–Trinajstić information content (AvgIpc) is 2.29. The van der Waals surface area contributed by atoms with Gasteiger partial charge in [0.05, 0.1) is 17.6 Å². The molecule has 1 N–H and O–H groups in total. The van der Waals surface area contributed by atoms with Crippen molar-refractivity contribution in [1.82, 2.24) is 5.32 Å². The Morgan fingerprint density at radius 2 is 2.18 bits per heavy atom. The Kier molecular flexibility index (Phi) is 6.04. The zero-order valence-electron chi connectivity index (χ0n) is 9.89. The van der Waals surface area contributed by atoms with Gasteiger partial charge >= 0.3 is 0 Å². The Labute approximate surface area is 119 Å². The van der Waals surface area contributed by atoms with E-state index in [1.165, 1.54) is 0 Å². The third kappa shape index (κ3) is 4.02. The lowest BCUT2D eigenvalue weighted by Crippen LogP contribution is -2.26. The van der Waals surface area contributed by atoms with Crippen molar-refractivity contribution in [2.75, 3.05) is 7.11 Å². The summed E-state index contributed by atoms with van der Waals surface area (Å²) in [6, 6.07) is 4.08. The second-order valence-electron chi connectivity index (χ2n) is 3.59. The molecule has 1 aromatic carbocycles. The molecule has 1 rings (SSSR count). The molecule has 1 aromatic rings. The third-order valence-corrected chi connectivity index (χ3v) is 3.48. The summed E-state index contributed by atoms with van der Waals surface area (Å²) in [6.45, 7) is 2.75. The highest BCUT2D eigenvalue weighted by Crippen LogP contribution is 2.32. The van der Waals surface area contributed by atoms with Crippen LogP contribution < -0.4 is 10.1 Å². The summed E-state index contributed by atoms with van der Waals surface area (Å²) in [6.07, 6.45) is 6.33. The van der Waals surface area contributed by atoms with Crippen LogP contribution in [0.4, 0.5) is 0 Å². The van der Waals surface area contributed by atoms with E-state index in [9.17, 15) is 0 Å². The van der Waals surface area contributed by atoms with Gasteiger partial charge in [0.15, 0.2) is 0 Å². The topological polar surface area (TPSA) is 21.3 Å². The van der Waals surface area contributed by atoms with Gasteiger partial charge < -0.3 is 4.74 Å². The van der Waals surface area contributed by atoms with Gasteiger partial charge in [-0.15, -0.1) is 6.42 Å². The van der Waals surface area contributed by atoms with Gasteiger partial charge in [0, 0.05) is 16.6 Å². The molecule has 0 aromatic heterocycles. The van der Waals surface area contributed by atoms with Crippen molar-refractivity contribution < 1.29 is 4.74 Å². The SMILES string of the molecule is C#CC(CC)NCc1cc(Br)cc(Br)c1OC. The molecule has 0 bridgehead atoms. The maximum atomic E-state index is 5.42. The Morgan fingerprint density at radius 3 is 2.71 bits per heavy atom. The van der Waals surface area contributed by atoms with E-state index in [4.69, 9.17) is 11.2 Å². The molecule has 17 heavy (non-hydrogen) atoms. The molecular weight excluding hydrogens is 346 g/mol. The number of halogens is 2. The van der Waals surface area contributed by atoms with E-state index in [0.29, 0.717) is 6.54 Å². The first-order valence-corrected chi connectivity index (χ1v) is 6.92. The second-order valence-corrected chi connectivity index (χ2v) is 5.36. The molecule has 0 amide bonds. The van der Waals surface area contributed by atoms with Crippen LogP contribution >= 0.6 is 31.9 Å². The van der Waals surface area contributed by atoms with Crippen molar-refractivity contribution in [2.45, 2.75) is 25.9 Å². The summed E-state index contributed by atoms with van der Waals surface area (Å²) in [5.41, 5.74) is 1.07. The van der Waals surface area contributed by atoms with E-state index in [1.807, 2.05) is 12.1 Å². The summed E-state index contributed by atoms with van der Waals surface area (Å²) >= 11 is 6.94. The van der Waals surface area contributed by atoms with Crippen molar-refractivity contribution in [1.29, 1.82) is 0 Å². The van der Waals surface area contributed by atoms with Crippen molar-refractivity contribution in [3.05, 3.63) is 26.6 Å². The van der Waals surface area contributed by atoms with Gasteiger partial charge in [0.25, 0.3) is 0 Å². The lowest BCUT2D eigenvalue weighted by Gasteiger charge is -2.14. The van der Waals surface area contributed by atoms with Gasteiger partial charge in [0.2, 0.25) is 0 Å². The van der Waals surface area contributed by atoms with E-state index < -0.39 is 0 Å². The molecule has 1 unspecified atom stereocenters. The van der Waals surface area contributed by atoms with Crippen LogP contribution in [0.3, 0.4) is 0 Å². The van der Waals surface area contributed by atoms with Crippen molar-refractivity contribution >= 4 is 31.9 Å². The molecule has 2 nitrogen and oxygen atoms in total. The van der Waals surface area contributed by atoms with Crippen LogP contribution in [0.15, 0.2) is 21.1 Å². The van der Waals surface area contributed by atoms with Crippen LogP contribution in [0, 0.1) is 12.3 Å². The number of ether oxygens (including phenoxy) is 1. The molecule has 0 aliphatic heterocycles. The van der Waals surface area contributed by atoms with Crippen LogP contribution in [0.5, 0.6) is 5.75 Å². The molecule has 0 saturated heterocycles. The van der Waals surface area contributed by atoms with Crippen LogP contribution in [0.2, 0.25) is 0 Å². The number of hydrogen-bond acceptors (Lipinski definition) is 2. The number of terminal acetylenes is 1. The fraction of sp³-hybridized carbons (Fsp3) is 0.385. The van der Waals surface area contributed by atoms with Crippen LogP contribution in [0.1, 0.15) is 18.9 Å². The first-order valence-electron chi connectivity index (χ1n) is 5.33. The predicted octanol–water partition coefficient (Wildman–Crippen LogP) is 3.72. The second kappa shape index (κ2) is 7.05. The maximum Gasteiger partial charge on any atom is 0.137 e. The smallest absolute Gasteiger partial charge is 0.137 e. The minimum absolute atomic E-state index is 0.0949. The summed E-state index contributed by atoms with van der Waals surface area (Å²) < 4.78 is 7.31. The first kappa shape index (κ1) is 14.6. The molecule has 4 heteroatoms. The standard InChI is InChI=1S/C13H15Br2NO/c1-4-11(5-2)16-8-9-6-10(14)7-12(15)13(9)17-3/h1,6-7,11,16H,5,8H2,2-3H3. The highest BCUT2D eigenvalue weighted by atomic mass is 79.9. The lowest BCUT2D eigenvalue weighted by molar-refractivity contribution is 0.404. The third-order valence-electron chi connectivity index (χ3n) is 2.44. The number of methoxy groups -OCH3 is 1. The number of benzene rings is 1. The monoisotopic (exact) mass is 359 g/mol. The van der Waals surface area contributed by atoms with E-state index in [1.54, 1.807) is 7.11 Å². The van der Waals surface area contributed by atoms with Crippen molar-refractivity contribution in [3.63, 3.8) is 0 Å². The quantitative estimate of drug-likeness (QED) is 0.808. The van der Waals surface area contributed by atoms with E-state index in [2.05, 4.69) is 50.0 Å². The van der Waals surface area contributed by atoms with Gasteiger partial charge in [0.1, 0.15) is 5.75 Å². The van der Waals surface area contributed by atoms with E-state index in [0.717, 1.165) is 26.7 Å². The minimum Gasteiger partial charge on any atom is -0.495 e. The maximum absolute atomic E-state index is 5.42. The van der Waals surface area contributed by atoms with Crippen LogP contribution in [-0.2, 0) is 6.54 Å². The summed E-state index contributed by atoms with van der Waals surface area (Å²) in [7, 11) is 1.66. The van der Waals surface area contributed by atoms with Gasteiger partial charge in [-0.2, -0.15) is 0 Å². The Morgan fingerprint density at radius 1 is 1.47 bits per heavy atom. The van der Waals surface area contributed by atoms with Crippen LogP contribution in [0.25, 0.3) is 0 Å². The van der Waals surface area contributed by atoms with E-state index in [-0.39, 0.29) is 6.04 Å². The Bertz CT molecular complexity index is 426. The average molecular weight is 361 g/mol. The lowest BCUT2D eigenvalue weighted by atomic mass is 10.1. The molecule has 0 fully saturated rings. The normalized spacial score (nSPS) is 11.9. The molecule has 0 heterocycles. The molecule has 0 saturated carbocycles. The van der Waals surface area contributed by atoms with Gasteiger partial charge in [-0.25, -0.2) is 0 Å². The molecular formula is C13H15Br2NO. The molecule has 1 atom stereocenters. The zero-order chi connectivity index (χ0) is 12.8. The summed E-state index contributed by atoms with van der Waals surface area (Å²) in [4.78, 5) is 0. The molecule has 0 spiro atoms. The predicted molar refractivity (Wildman–Crippen MR) is 78.1 cm³/mol. The van der Waals surface area contributed by atoms with Gasteiger partial charge in [-0.3, -0.25) is 5.32 Å². The Hall–Kier alpha value is -0.500. The Balaban J connectivity index is 2.87. The number of rotatable bonds is 5. The van der Waals surface area contributed by atoms with Crippen molar-refractivity contribution in [3.8, 4) is 18.1 Å². The van der Waals surface area contributed by atoms with Crippen molar-refractivity contribution in [2.24, 2.45) is 0 Å². The molecule has 0 aliphatic rings. The first-order chi connectivity index (χ1) is 8.12. The summed E-state index contributed by atoms with van der Waals surface area (Å²) in [5.74, 6) is 3.55. The highest BCUT2D eigenvalue weighted by Gasteiger charge is 2.10. The highest BCUT2D eigenvalue weighted by molar-refractivity contribution is 9.11. The van der Waals surface area contributed by atoms with Gasteiger partial charge in [-0.1, -0.05) is 28.8 Å². The van der Waals surface area contributed by atoms with E-state index >= 15 is 0 Å². The largest absolute Gasteiger partial charge is 0.495 e. The molecule has 0 radical (unpaired) electrons. The number of nitrogens with one attached hydrogen (secondary N) is 1. The zero-order valence-corrected chi connectivity index (χ0v) is 13.1. The van der Waals surface area contributed by atoms with Crippen LogP contribution in [-0.4, -0.2) is 13.2 Å².